The summed E-state index contributed by atoms with van der Waals surface area (Å²) in [6.07, 6.45) is 4.14. The van der Waals surface area contributed by atoms with Gasteiger partial charge >= 0.3 is 0 Å². The van der Waals surface area contributed by atoms with E-state index in [1.807, 2.05) is 18.2 Å². The van der Waals surface area contributed by atoms with Crippen LogP contribution in [0.2, 0.25) is 0 Å². The number of hydrogen-bond acceptors (Lipinski definition) is 2. The van der Waals surface area contributed by atoms with Gasteiger partial charge in [0.05, 0.1) is 14.2 Å². The van der Waals surface area contributed by atoms with E-state index in [1.165, 1.54) is 11.1 Å². The van der Waals surface area contributed by atoms with Crippen molar-refractivity contribution in [3.05, 3.63) is 59.2 Å². The zero-order chi connectivity index (χ0) is 13.7. The first-order valence-corrected chi connectivity index (χ1v) is 6.19. The van der Waals surface area contributed by atoms with E-state index in [1.54, 1.807) is 14.2 Å². The number of hydrogen-bond donors (Lipinski definition) is 0. The summed E-state index contributed by atoms with van der Waals surface area (Å²) in [5.41, 5.74) is 3.49. The summed E-state index contributed by atoms with van der Waals surface area (Å²) in [6.45, 7) is 2.09. The second-order valence-corrected chi connectivity index (χ2v) is 4.39. The Morgan fingerprint density at radius 2 is 1.42 bits per heavy atom. The van der Waals surface area contributed by atoms with Gasteiger partial charge in [-0.25, -0.2) is 0 Å². The number of ether oxygens (including phenoxy) is 2. The topological polar surface area (TPSA) is 18.5 Å². The molecule has 0 aliphatic carbocycles. The van der Waals surface area contributed by atoms with Crippen LogP contribution in [0.5, 0.6) is 11.5 Å². The van der Waals surface area contributed by atoms with Crippen LogP contribution >= 0.6 is 0 Å². The van der Waals surface area contributed by atoms with Crippen LogP contribution in [0.25, 0.3) is 12.2 Å². The molecular weight excluding hydrogens is 236 g/mol. The Morgan fingerprint density at radius 3 is 2.00 bits per heavy atom. The lowest BCUT2D eigenvalue weighted by atomic mass is 10.1. The molecular formula is C17H18O2. The third-order valence-electron chi connectivity index (χ3n) is 2.88. The molecule has 2 heteroatoms. The molecule has 2 aromatic rings. The van der Waals surface area contributed by atoms with E-state index in [0.717, 1.165) is 17.1 Å². The van der Waals surface area contributed by atoms with Crippen molar-refractivity contribution in [2.75, 3.05) is 14.2 Å². The third kappa shape index (κ3) is 3.62. The minimum Gasteiger partial charge on any atom is -0.497 e. The lowest BCUT2D eigenvalue weighted by Gasteiger charge is -2.05. The van der Waals surface area contributed by atoms with Crippen LogP contribution < -0.4 is 9.47 Å². The molecule has 0 atom stereocenters. The van der Waals surface area contributed by atoms with E-state index >= 15 is 0 Å². The second-order valence-electron chi connectivity index (χ2n) is 4.39. The molecule has 0 N–H and O–H groups in total. The normalized spacial score (nSPS) is 10.7. The molecule has 98 valence electrons. The summed E-state index contributed by atoms with van der Waals surface area (Å²) in [5.74, 6) is 1.59. The third-order valence-corrected chi connectivity index (χ3v) is 2.88. The molecule has 2 rings (SSSR count). The van der Waals surface area contributed by atoms with Crippen LogP contribution in [0.15, 0.2) is 42.5 Å². The molecule has 0 fully saturated rings. The van der Waals surface area contributed by atoms with E-state index in [-0.39, 0.29) is 0 Å². The van der Waals surface area contributed by atoms with E-state index in [9.17, 15) is 0 Å². The monoisotopic (exact) mass is 254 g/mol. The first kappa shape index (κ1) is 13.2. The average molecular weight is 254 g/mol. The van der Waals surface area contributed by atoms with Gasteiger partial charge in [-0.3, -0.25) is 0 Å². The molecule has 0 amide bonds. The molecule has 2 nitrogen and oxygen atoms in total. The summed E-state index contributed by atoms with van der Waals surface area (Å²) in [7, 11) is 3.31. The van der Waals surface area contributed by atoms with Crippen LogP contribution in [0.1, 0.15) is 16.7 Å². The van der Waals surface area contributed by atoms with Crippen LogP contribution in [-0.4, -0.2) is 14.2 Å². The Labute approximate surface area is 114 Å². The molecule has 2 aromatic carbocycles. The number of benzene rings is 2. The smallest absolute Gasteiger partial charge is 0.123 e. The van der Waals surface area contributed by atoms with E-state index in [4.69, 9.17) is 9.47 Å². The maximum absolute atomic E-state index is 5.25. The van der Waals surface area contributed by atoms with Gasteiger partial charge in [-0.2, -0.15) is 0 Å². The number of rotatable bonds is 4. The van der Waals surface area contributed by atoms with E-state index in [0.29, 0.717) is 0 Å². The predicted molar refractivity (Wildman–Crippen MR) is 79.7 cm³/mol. The predicted octanol–water partition coefficient (Wildman–Crippen LogP) is 4.18. The first-order valence-electron chi connectivity index (χ1n) is 6.19. The van der Waals surface area contributed by atoms with Gasteiger partial charge in [0.25, 0.3) is 0 Å². The van der Waals surface area contributed by atoms with Crippen molar-refractivity contribution in [1.29, 1.82) is 0 Å². The van der Waals surface area contributed by atoms with Crippen molar-refractivity contribution in [2.24, 2.45) is 0 Å². The summed E-state index contributed by atoms with van der Waals surface area (Å²) in [6, 6.07) is 14.2. The standard InChI is InChI=1S/C17H18O2/c1-13-5-4-6-14(9-13)7-8-15-10-16(18-2)12-17(11-15)19-3/h4-12H,1-3H3. The van der Waals surface area contributed by atoms with Gasteiger partial charge in [0.15, 0.2) is 0 Å². The Bertz CT molecular complexity index is 563. The molecule has 0 aliphatic heterocycles. The van der Waals surface area contributed by atoms with Crippen LogP contribution in [0.4, 0.5) is 0 Å². The molecule has 0 saturated carbocycles. The van der Waals surface area contributed by atoms with Crippen LogP contribution in [0.3, 0.4) is 0 Å². The van der Waals surface area contributed by atoms with Gasteiger partial charge in [0.2, 0.25) is 0 Å². The molecule has 0 saturated heterocycles. The van der Waals surface area contributed by atoms with Gasteiger partial charge in [0.1, 0.15) is 11.5 Å². The Morgan fingerprint density at radius 1 is 0.789 bits per heavy atom. The summed E-state index contributed by atoms with van der Waals surface area (Å²) in [5, 5.41) is 0. The lowest BCUT2D eigenvalue weighted by Crippen LogP contribution is -1.88. The SMILES string of the molecule is COc1cc(C=Cc2cccc(C)c2)cc(OC)c1. The van der Waals surface area contributed by atoms with Crippen LogP contribution in [-0.2, 0) is 0 Å². The summed E-state index contributed by atoms with van der Waals surface area (Å²) < 4.78 is 10.5. The summed E-state index contributed by atoms with van der Waals surface area (Å²) >= 11 is 0. The zero-order valence-corrected chi connectivity index (χ0v) is 11.5. The molecule has 0 bridgehead atoms. The van der Waals surface area contributed by atoms with Crippen LogP contribution in [0, 0.1) is 6.92 Å². The fourth-order valence-electron chi connectivity index (χ4n) is 1.89. The van der Waals surface area contributed by atoms with Gasteiger partial charge in [0, 0.05) is 6.07 Å². The number of aryl methyl sites for hydroxylation is 1. The molecule has 0 aliphatic rings. The van der Waals surface area contributed by atoms with Gasteiger partial charge in [-0.15, -0.1) is 0 Å². The molecule has 19 heavy (non-hydrogen) atoms. The van der Waals surface area contributed by atoms with Gasteiger partial charge in [-0.1, -0.05) is 42.0 Å². The molecule has 0 aromatic heterocycles. The summed E-state index contributed by atoms with van der Waals surface area (Å²) in [4.78, 5) is 0. The molecule has 0 radical (unpaired) electrons. The highest BCUT2D eigenvalue weighted by molar-refractivity contribution is 5.71. The minimum absolute atomic E-state index is 0.795. The average Bonchev–Trinajstić information content (AvgIpc) is 2.44. The Balaban J connectivity index is 2.27. The van der Waals surface area contributed by atoms with Crippen molar-refractivity contribution in [3.8, 4) is 11.5 Å². The van der Waals surface area contributed by atoms with Crippen molar-refractivity contribution in [3.63, 3.8) is 0 Å². The molecule has 0 heterocycles. The largest absolute Gasteiger partial charge is 0.497 e. The van der Waals surface area contributed by atoms with Gasteiger partial charge < -0.3 is 9.47 Å². The quantitative estimate of drug-likeness (QED) is 0.762. The fourth-order valence-corrected chi connectivity index (χ4v) is 1.89. The Hall–Kier alpha value is -2.22. The van der Waals surface area contributed by atoms with Crippen molar-refractivity contribution < 1.29 is 9.47 Å². The van der Waals surface area contributed by atoms with Crippen molar-refractivity contribution in [2.45, 2.75) is 6.92 Å². The highest BCUT2D eigenvalue weighted by Gasteiger charge is 1.99. The zero-order valence-electron chi connectivity index (χ0n) is 11.5. The first-order chi connectivity index (χ1) is 9.21. The fraction of sp³-hybridized carbons (Fsp3) is 0.176. The maximum Gasteiger partial charge on any atom is 0.123 e. The van der Waals surface area contributed by atoms with Crippen molar-refractivity contribution >= 4 is 12.2 Å². The molecule has 0 spiro atoms. The highest BCUT2D eigenvalue weighted by atomic mass is 16.5. The minimum atomic E-state index is 0.795. The lowest BCUT2D eigenvalue weighted by molar-refractivity contribution is 0.394. The number of methoxy groups -OCH3 is 2. The Kier molecular flexibility index (Phi) is 4.24. The molecule has 0 unspecified atom stereocenters. The highest BCUT2D eigenvalue weighted by Crippen LogP contribution is 2.23. The van der Waals surface area contributed by atoms with Gasteiger partial charge in [-0.05, 0) is 30.2 Å². The van der Waals surface area contributed by atoms with E-state index in [2.05, 4.69) is 43.3 Å². The maximum atomic E-state index is 5.25. The van der Waals surface area contributed by atoms with E-state index < -0.39 is 0 Å². The second kappa shape index (κ2) is 6.10. The van der Waals surface area contributed by atoms with Crippen molar-refractivity contribution in [1.82, 2.24) is 0 Å².